The molecule has 2 heterocycles. The number of rotatable bonds is 3. The lowest BCUT2D eigenvalue weighted by Gasteiger charge is -2.13. The van der Waals surface area contributed by atoms with Crippen molar-refractivity contribution in [1.29, 1.82) is 0 Å². The number of sulfonamides is 1. The quantitative estimate of drug-likeness (QED) is 0.833. The van der Waals surface area contributed by atoms with E-state index in [1.54, 1.807) is 6.07 Å². The van der Waals surface area contributed by atoms with Crippen molar-refractivity contribution in [2.45, 2.75) is 31.5 Å². The van der Waals surface area contributed by atoms with E-state index in [4.69, 9.17) is 5.73 Å². The van der Waals surface area contributed by atoms with Crippen molar-refractivity contribution in [3.8, 4) is 0 Å². The molecular formula is C13H16N4O2S. The number of fused-ring (bicyclic) bond motifs is 1. The van der Waals surface area contributed by atoms with E-state index in [1.807, 2.05) is 19.1 Å². The molecule has 0 aliphatic carbocycles. The van der Waals surface area contributed by atoms with E-state index in [-0.39, 0.29) is 5.03 Å². The minimum Gasteiger partial charge on any atom is -0.399 e. The van der Waals surface area contributed by atoms with Gasteiger partial charge in [0, 0.05) is 25.2 Å². The van der Waals surface area contributed by atoms with E-state index in [1.165, 1.54) is 10.5 Å². The molecule has 3 N–H and O–H groups in total. The first-order valence-electron chi connectivity index (χ1n) is 6.42. The lowest BCUT2D eigenvalue weighted by molar-refractivity contribution is 0.429. The highest BCUT2D eigenvalue weighted by Crippen LogP contribution is 2.29. The zero-order chi connectivity index (χ0) is 14.3. The Labute approximate surface area is 117 Å². The number of hydrogen-bond donors (Lipinski definition) is 2. The summed E-state index contributed by atoms with van der Waals surface area (Å²) in [5.41, 5.74) is 8.34. The number of nitrogens with one attached hydrogen (secondary N) is 1. The number of imidazole rings is 1. The van der Waals surface area contributed by atoms with Crippen LogP contribution in [0.1, 0.15) is 23.9 Å². The highest BCUT2D eigenvalue weighted by Gasteiger charge is 2.31. The first-order chi connectivity index (χ1) is 9.50. The van der Waals surface area contributed by atoms with Gasteiger partial charge in [-0.1, -0.05) is 13.0 Å². The molecule has 7 heteroatoms. The van der Waals surface area contributed by atoms with Gasteiger partial charge in [0.1, 0.15) is 5.82 Å². The Bertz CT molecular complexity index is 751. The van der Waals surface area contributed by atoms with Gasteiger partial charge in [-0.2, -0.15) is 4.31 Å². The lowest BCUT2D eigenvalue weighted by Crippen LogP contribution is -2.26. The van der Waals surface area contributed by atoms with Gasteiger partial charge >= 0.3 is 0 Å². The molecule has 0 spiro atoms. The third-order valence-electron chi connectivity index (χ3n) is 3.48. The fourth-order valence-electron chi connectivity index (χ4n) is 2.35. The molecule has 0 unspecified atom stereocenters. The highest BCUT2D eigenvalue weighted by atomic mass is 32.2. The van der Waals surface area contributed by atoms with Crippen LogP contribution in [0.5, 0.6) is 0 Å². The van der Waals surface area contributed by atoms with E-state index in [0.717, 1.165) is 11.1 Å². The Morgan fingerprint density at radius 2 is 2.10 bits per heavy atom. The van der Waals surface area contributed by atoms with Gasteiger partial charge in [0.05, 0.1) is 6.20 Å². The number of nitrogens with two attached hydrogens (primary N) is 1. The second-order valence-electron chi connectivity index (χ2n) is 4.85. The first-order valence-corrected chi connectivity index (χ1v) is 7.86. The van der Waals surface area contributed by atoms with Gasteiger partial charge in [0.2, 0.25) is 0 Å². The number of anilines is 1. The number of aryl methyl sites for hydroxylation is 1. The predicted molar refractivity (Wildman–Crippen MR) is 75.3 cm³/mol. The molecule has 106 valence electrons. The third-order valence-corrected chi connectivity index (χ3v) is 5.18. The van der Waals surface area contributed by atoms with Gasteiger partial charge in [0.25, 0.3) is 10.0 Å². The van der Waals surface area contributed by atoms with Crippen LogP contribution in [-0.2, 0) is 29.5 Å². The summed E-state index contributed by atoms with van der Waals surface area (Å²) in [6.45, 7) is 2.64. The summed E-state index contributed by atoms with van der Waals surface area (Å²) in [5, 5.41) is 0.148. The summed E-state index contributed by atoms with van der Waals surface area (Å²) in [6.07, 6.45) is 2.05. The Morgan fingerprint density at radius 3 is 2.80 bits per heavy atom. The number of aromatic amines is 1. The standard InChI is InChI=1S/C13H16N4O2S/c1-2-12-15-6-13(16-12)20(18,19)17-7-9-3-4-11(14)5-10(9)8-17/h3-6H,2,7-8,14H2,1H3,(H,15,16). The maximum absolute atomic E-state index is 12.5. The van der Waals surface area contributed by atoms with Crippen LogP contribution in [0.15, 0.2) is 29.4 Å². The van der Waals surface area contributed by atoms with Crippen LogP contribution < -0.4 is 5.73 Å². The van der Waals surface area contributed by atoms with Crippen LogP contribution in [0.3, 0.4) is 0 Å². The van der Waals surface area contributed by atoms with Gasteiger partial charge in [-0.3, -0.25) is 0 Å². The van der Waals surface area contributed by atoms with E-state index >= 15 is 0 Å². The molecule has 3 rings (SSSR count). The normalized spacial score (nSPS) is 15.4. The van der Waals surface area contributed by atoms with Crippen LogP contribution in [0.2, 0.25) is 0 Å². The van der Waals surface area contributed by atoms with Crippen LogP contribution in [0.4, 0.5) is 5.69 Å². The highest BCUT2D eigenvalue weighted by molar-refractivity contribution is 7.89. The van der Waals surface area contributed by atoms with E-state index < -0.39 is 10.0 Å². The van der Waals surface area contributed by atoms with Crippen molar-refractivity contribution >= 4 is 15.7 Å². The number of aromatic nitrogens is 2. The summed E-state index contributed by atoms with van der Waals surface area (Å²) in [4.78, 5) is 6.91. The molecule has 1 aliphatic heterocycles. The summed E-state index contributed by atoms with van der Waals surface area (Å²) < 4.78 is 26.5. The van der Waals surface area contributed by atoms with Crippen molar-refractivity contribution in [3.63, 3.8) is 0 Å². The van der Waals surface area contributed by atoms with Gasteiger partial charge in [-0.25, -0.2) is 13.4 Å². The molecule has 1 aromatic carbocycles. The molecule has 0 radical (unpaired) electrons. The maximum atomic E-state index is 12.5. The van der Waals surface area contributed by atoms with E-state index in [2.05, 4.69) is 9.97 Å². The van der Waals surface area contributed by atoms with Crippen molar-refractivity contribution in [2.24, 2.45) is 0 Å². The minimum atomic E-state index is -3.53. The molecule has 6 nitrogen and oxygen atoms in total. The zero-order valence-electron chi connectivity index (χ0n) is 11.1. The molecule has 1 aliphatic rings. The molecule has 0 bridgehead atoms. The largest absolute Gasteiger partial charge is 0.399 e. The zero-order valence-corrected chi connectivity index (χ0v) is 11.9. The smallest absolute Gasteiger partial charge is 0.260 e. The molecule has 1 aromatic heterocycles. The van der Waals surface area contributed by atoms with Crippen molar-refractivity contribution < 1.29 is 8.42 Å². The average molecular weight is 292 g/mol. The summed E-state index contributed by atoms with van der Waals surface area (Å²) >= 11 is 0. The Morgan fingerprint density at radius 1 is 1.35 bits per heavy atom. The topological polar surface area (TPSA) is 92.1 Å². The van der Waals surface area contributed by atoms with E-state index in [9.17, 15) is 8.42 Å². The summed E-state index contributed by atoms with van der Waals surface area (Å²) in [6, 6.07) is 5.50. The van der Waals surface area contributed by atoms with Gasteiger partial charge in [0.15, 0.2) is 5.03 Å². The molecule has 0 saturated carbocycles. The molecule has 20 heavy (non-hydrogen) atoms. The molecule has 0 saturated heterocycles. The molecule has 0 amide bonds. The van der Waals surface area contributed by atoms with Gasteiger partial charge < -0.3 is 10.7 Å². The first kappa shape index (κ1) is 13.1. The molecule has 2 aromatic rings. The maximum Gasteiger partial charge on any atom is 0.260 e. The molecule has 0 atom stereocenters. The summed E-state index contributed by atoms with van der Waals surface area (Å²) in [7, 11) is -3.53. The monoisotopic (exact) mass is 292 g/mol. The SMILES string of the molecule is CCc1ncc(S(=O)(=O)N2Cc3ccc(N)cc3C2)[nH]1. The van der Waals surface area contributed by atoms with Crippen LogP contribution >= 0.6 is 0 Å². The molecular weight excluding hydrogens is 276 g/mol. The summed E-state index contributed by atoms with van der Waals surface area (Å²) in [5.74, 6) is 0.671. The Balaban J connectivity index is 1.91. The second kappa shape index (κ2) is 4.60. The van der Waals surface area contributed by atoms with Crippen molar-refractivity contribution in [2.75, 3.05) is 5.73 Å². The third kappa shape index (κ3) is 2.08. The van der Waals surface area contributed by atoms with Crippen LogP contribution in [0, 0.1) is 0 Å². The Hall–Kier alpha value is -1.86. The lowest BCUT2D eigenvalue weighted by atomic mass is 10.1. The van der Waals surface area contributed by atoms with Crippen molar-refractivity contribution in [1.82, 2.24) is 14.3 Å². The number of hydrogen-bond acceptors (Lipinski definition) is 4. The number of nitrogen functional groups attached to an aromatic ring is 1. The van der Waals surface area contributed by atoms with Crippen LogP contribution in [0.25, 0.3) is 0 Å². The van der Waals surface area contributed by atoms with Gasteiger partial charge in [-0.15, -0.1) is 0 Å². The molecule has 0 fully saturated rings. The Kier molecular flexibility index (Phi) is 3.02. The second-order valence-corrected chi connectivity index (χ2v) is 6.76. The van der Waals surface area contributed by atoms with Gasteiger partial charge in [-0.05, 0) is 23.3 Å². The number of benzene rings is 1. The van der Waals surface area contributed by atoms with E-state index in [0.29, 0.717) is 31.0 Å². The van der Waals surface area contributed by atoms with Crippen LogP contribution in [-0.4, -0.2) is 22.7 Å². The number of H-pyrrole nitrogens is 1. The minimum absolute atomic E-state index is 0.148. The average Bonchev–Trinajstić information content (AvgIpc) is 3.04. The fraction of sp³-hybridized carbons (Fsp3) is 0.308. The number of nitrogens with zero attached hydrogens (tertiary/aromatic N) is 2. The predicted octanol–water partition coefficient (Wildman–Crippen LogP) is 1.26. The van der Waals surface area contributed by atoms with Crippen molar-refractivity contribution in [3.05, 3.63) is 41.3 Å². The fourth-order valence-corrected chi connectivity index (χ4v) is 3.68.